The summed E-state index contributed by atoms with van der Waals surface area (Å²) in [6.45, 7) is 2.69. The highest BCUT2D eigenvalue weighted by molar-refractivity contribution is 7.47. The lowest BCUT2D eigenvalue weighted by Crippen LogP contribution is -2.33. The minimum Gasteiger partial charge on any atom is -0.462 e. The van der Waals surface area contributed by atoms with Gasteiger partial charge in [-0.15, -0.1) is 0 Å². The van der Waals surface area contributed by atoms with Gasteiger partial charge in [0.25, 0.3) is 5.56 Å². The molecule has 35 heavy (non-hydrogen) atoms. The number of ether oxygens (including phenoxy) is 2. The third kappa shape index (κ3) is 6.89. The Bertz CT molecular complexity index is 1270. The quantitative estimate of drug-likeness (QED) is 0.159. The number of benzene rings is 1. The van der Waals surface area contributed by atoms with Crippen LogP contribution in [-0.2, 0) is 29.7 Å². The Morgan fingerprint density at radius 1 is 1.34 bits per heavy atom. The first-order valence-electron chi connectivity index (χ1n) is 10.5. The highest BCUT2D eigenvalue weighted by atomic mass is 31.2. The van der Waals surface area contributed by atoms with Crippen molar-refractivity contribution in [2.45, 2.75) is 45.2 Å². The summed E-state index contributed by atoms with van der Waals surface area (Å²) >= 11 is 0. The summed E-state index contributed by atoms with van der Waals surface area (Å²) in [4.78, 5) is 50.4. The maximum atomic E-state index is 12.3. The van der Waals surface area contributed by atoms with Crippen molar-refractivity contribution in [3.8, 4) is 0 Å². The number of nitrogens with one attached hydrogen (secondary N) is 1. The predicted molar refractivity (Wildman–Crippen MR) is 120 cm³/mol. The van der Waals surface area contributed by atoms with Crippen molar-refractivity contribution in [3.63, 3.8) is 0 Å². The maximum Gasteiger partial charge on any atom is 0.472 e. The number of aryl methyl sites for hydroxylation is 1. The Hall–Kier alpha value is -3.25. The molecule has 1 aromatic heterocycles. The fourth-order valence-electron chi connectivity index (χ4n) is 3.34. The number of phosphoric ester groups is 1. The van der Waals surface area contributed by atoms with E-state index in [1.165, 1.54) is 25.3 Å². The summed E-state index contributed by atoms with van der Waals surface area (Å²) < 4.78 is 34.1. The minimum atomic E-state index is -4.54. The van der Waals surface area contributed by atoms with E-state index in [9.17, 15) is 23.8 Å². The van der Waals surface area contributed by atoms with Gasteiger partial charge in [-0.2, -0.15) is 0 Å². The predicted octanol–water partition coefficient (Wildman–Crippen LogP) is 2.32. The molecule has 1 aromatic carbocycles. The highest BCUT2D eigenvalue weighted by Crippen LogP contribution is 2.45. The van der Waals surface area contributed by atoms with Crippen molar-refractivity contribution in [1.29, 1.82) is 0 Å². The minimum absolute atomic E-state index is 0.0763. The van der Waals surface area contributed by atoms with Crippen LogP contribution in [0.25, 0.3) is 10.4 Å². The fraction of sp³-hybridized carbons (Fsp3) is 0.450. The number of azide groups is 1. The molecular weight excluding hydrogens is 485 g/mol. The topological polar surface area (TPSA) is 195 Å². The molecule has 0 amide bonds. The average Bonchev–Trinajstić information content (AvgIpc) is 3.22. The first-order chi connectivity index (χ1) is 16.6. The summed E-state index contributed by atoms with van der Waals surface area (Å²) in [6.07, 6.45) is -0.454. The van der Waals surface area contributed by atoms with Crippen LogP contribution in [0.1, 0.15) is 41.1 Å². The standard InChI is InChI=1S/C20H24N5O9P/c1-3-31-19(27)14-6-4-13(5-7-14)10-32-35(29,30)33-11-16-15(23-24-21)8-17(34-16)25-9-12(2)18(26)22-20(25)28/h4-7,9,15-17H,3,8,10-11H2,1-2H3,(H,29,30)(H,22,26,28)/t15-,16+,17+/m0/s1. The molecule has 15 heteroatoms. The van der Waals surface area contributed by atoms with E-state index in [0.29, 0.717) is 11.1 Å². The Balaban J connectivity index is 1.60. The molecule has 0 saturated carbocycles. The van der Waals surface area contributed by atoms with Crippen LogP contribution in [0.15, 0.2) is 45.2 Å². The van der Waals surface area contributed by atoms with Crippen LogP contribution in [0.4, 0.5) is 0 Å². The molecule has 1 aliphatic rings. The van der Waals surface area contributed by atoms with Gasteiger partial charge >= 0.3 is 19.5 Å². The zero-order valence-corrected chi connectivity index (χ0v) is 19.8. The van der Waals surface area contributed by atoms with Crippen LogP contribution >= 0.6 is 7.82 Å². The molecule has 4 atom stereocenters. The van der Waals surface area contributed by atoms with Crippen LogP contribution in [0.5, 0.6) is 0 Å². The van der Waals surface area contributed by atoms with Crippen molar-refractivity contribution < 1.29 is 32.8 Å². The molecule has 1 fully saturated rings. The van der Waals surface area contributed by atoms with Gasteiger partial charge in [0, 0.05) is 23.1 Å². The van der Waals surface area contributed by atoms with Gasteiger partial charge in [-0.1, -0.05) is 17.2 Å². The summed E-state index contributed by atoms with van der Waals surface area (Å²) in [5, 5.41) is 3.62. The van der Waals surface area contributed by atoms with E-state index in [4.69, 9.17) is 24.1 Å². The lowest BCUT2D eigenvalue weighted by molar-refractivity contribution is -0.0287. The number of aromatic amines is 1. The van der Waals surface area contributed by atoms with E-state index in [0.717, 1.165) is 4.57 Å². The zero-order valence-electron chi connectivity index (χ0n) is 18.9. The normalized spacial score (nSPS) is 21.2. The maximum absolute atomic E-state index is 12.3. The largest absolute Gasteiger partial charge is 0.472 e. The molecule has 0 spiro atoms. The van der Waals surface area contributed by atoms with Gasteiger partial charge in [0.15, 0.2) is 0 Å². The molecule has 0 aliphatic carbocycles. The summed E-state index contributed by atoms with van der Waals surface area (Å²) in [5.41, 5.74) is 8.71. The lowest BCUT2D eigenvalue weighted by Gasteiger charge is -2.18. The molecule has 188 valence electrons. The van der Waals surface area contributed by atoms with Crippen molar-refractivity contribution in [2.75, 3.05) is 13.2 Å². The summed E-state index contributed by atoms with van der Waals surface area (Å²) in [6, 6.07) is 5.27. The first-order valence-corrected chi connectivity index (χ1v) is 12.0. The Kier molecular flexibility index (Phi) is 8.62. The van der Waals surface area contributed by atoms with Crippen LogP contribution < -0.4 is 11.2 Å². The van der Waals surface area contributed by atoms with Crippen molar-refractivity contribution in [3.05, 3.63) is 78.4 Å². The Morgan fingerprint density at radius 3 is 2.71 bits per heavy atom. The molecule has 2 N–H and O–H groups in total. The number of aromatic nitrogens is 2. The van der Waals surface area contributed by atoms with E-state index in [2.05, 4.69) is 15.0 Å². The second kappa shape index (κ2) is 11.5. The number of phosphoric acid groups is 1. The number of hydrogen-bond donors (Lipinski definition) is 2. The van der Waals surface area contributed by atoms with Gasteiger partial charge in [0.1, 0.15) is 6.23 Å². The zero-order chi connectivity index (χ0) is 25.6. The van der Waals surface area contributed by atoms with Crippen LogP contribution in [-0.4, -0.2) is 45.8 Å². The molecule has 2 heterocycles. The molecule has 2 aromatic rings. The monoisotopic (exact) mass is 509 g/mol. The van der Waals surface area contributed by atoms with Gasteiger partial charge in [-0.3, -0.25) is 23.4 Å². The third-order valence-electron chi connectivity index (χ3n) is 5.12. The number of rotatable bonds is 10. The van der Waals surface area contributed by atoms with E-state index in [1.54, 1.807) is 19.1 Å². The molecule has 1 aliphatic heterocycles. The van der Waals surface area contributed by atoms with E-state index >= 15 is 0 Å². The SMILES string of the molecule is CCOC(=O)c1ccc(COP(=O)(O)OC[C@H]2O[C@@H](n3cc(C)c(=O)[nH]c3=O)C[C@@H]2N=[N+]=[N-])cc1. The fourth-order valence-corrected chi connectivity index (χ4v) is 4.06. The number of nitrogens with zero attached hydrogens (tertiary/aromatic N) is 4. The Labute approximate surface area is 198 Å². The average molecular weight is 509 g/mol. The van der Waals surface area contributed by atoms with Crippen molar-refractivity contribution in [1.82, 2.24) is 9.55 Å². The van der Waals surface area contributed by atoms with Crippen molar-refractivity contribution >= 4 is 13.8 Å². The van der Waals surface area contributed by atoms with Crippen LogP contribution in [0.3, 0.4) is 0 Å². The van der Waals surface area contributed by atoms with Crippen molar-refractivity contribution in [2.24, 2.45) is 5.11 Å². The smallest absolute Gasteiger partial charge is 0.462 e. The van der Waals surface area contributed by atoms with Gasteiger partial charge in [-0.05, 0) is 37.1 Å². The number of carbonyl (C=O) groups excluding carboxylic acids is 1. The van der Waals surface area contributed by atoms with Crippen LogP contribution in [0, 0.1) is 6.92 Å². The third-order valence-corrected chi connectivity index (χ3v) is 6.05. The molecule has 1 saturated heterocycles. The molecule has 1 unspecified atom stereocenters. The van der Waals surface area contributed by atoms with E-state index < -0.39 is 50.0 Å². The molecule has 14 nitrogen and oxygen atoms in total. The van der Waals surface area contributed by atoms with E-state index in [1.807, 2.05) is 0 Å². The number of carbonyl (C=O) groups is 1. The highest BCUT2D eigenvalue weighted by Gasteiger charge is 2.38. The number of hydrogen-bond acceptors (Lipinski definition) is 9. The second-order valence-electron chi connectivity index (χ2n) is 7.57. The van der Waals surface area contributed by atoms with E-state index in [-0.39, 0.29) is 25.2 Å². The summed E-state index contributed by atoms with van der Waals surface area (Å²) in [5.74, 6) is -0.486. The van der Waals surface area contributed by atoms with Gasteiger partial charge in [-0.25, -0.2) is 14.2 Å². The second-order valence-corrected chi connectivity index (χ2v) is 9.02. The molecule has 0 bridgehead atoms. The molecular formula is C20H24N5O9P. The number of esters is 1. The molecule has 3 rings (SSSR count). The van der Waals surface area contributed by atoms with Gasteiger partial charge in [0.2, 0.25) is 0 Å². The molecule has 0 radical (unpaired) electrons. The van der Waals surface area contributed by atoms with Gasteiger partial charge < -0.3 is 14.4 Å². The summed E-state index contributed by atoms with van der Waals surface area (Å²) in [7, 11) is -4.54. The van der Waals surface area contributed by atoms with Gasteiger partial charge in [0.05, 0.1) is 37.5 Å². The lowest BCUT2D eigenvalue weighted by atomic mass is 10.1. The van der Waals surface area contributed by atoms with Crippen LogP contribution in [0.2, 0.25) is 0 Å². The number of H-pyrrole nitrogens is 1. The first kappa shape index (κ1) is 26.4. The Morgan fingerprint density at radius 2 is 2.06 bits per heavy atom.